The lowest BCUT2D eigenvalue weighted by Crippen LogP contribution is -2.01. The average molecular weight is 308 g/mol. The molecule has 0 fully saturated rings. The van der Waals surface area contributed by atoms with Gasteiger partial charge in [0.25, 0.3) is 0 Å². The molecule has 1 nitrogen and oxygen atoms in total. The van der Waals surface area contributed by atoms with E-state index in [9.17, 15) is 4.39 Å². The van der Waals surface area contributed by atoms with Crippen LogP contribution in [0.25, 0.3) is 0 Å². The van der Waals surface area contributed by atoms with E-state index in [-0.39, 0.29) is 5.82 Å². The Kier molecular flexibility index (Phi) is 4.37. The molecular formula is C15H15BrFN. The van der Waals surface area contributed by atoms with Crippen LogP contribution in [0.2, 0.25) is 0 Å². The van der Waals surface area contributed by atoms with Crippen LogP contribution in [0.4, 0.5) is 10.1 Å². The molecule has 0 radical (unpaired) electrons. The molecule has 3 heteroatoms. The predicted octanol–water partition coefficient (Wildman–Crippen LogP) is 4.76. The van der Waals surface area contributed by atoms with Crippen molar-refractivity contribution in [1.82, 2.24) is 0 Å². The summed E-state index contributed by atoms with van der Waals surface area (Å²) in [5.74, 6) is -0.225. The van der Waals surface area contributed by atoms with Crippen LogP contribution in [-0.4, -0.2) is 0 Å². The van der Waals surface area contributed by atoms with Crippen molar-refractivity contribution in [3.8, 4) is 0 Å². The standard InChI is InChI=1S/C15H15BrFN/c1-2-11-5-3-7-13(9-11)18-10-12-6-4-8-14(17)15(12)16/h3-9,18H,2,10H2,1H3. The Morgan fingerprint density at radius 3 is 2.72 bits per heavy atom. The van der Waals surface area contributed by atoms with Crippen molar-refractivity contribution in [1.29, 1.82) is 0 Å². The third-order valence-corrected chi connectivity index (χ3v) is 3.74. The van der Waals surface area contributed by atoms with Gasteiger partial charge >= 0.3 is 0 Å². The molecule has 2 rings (SSSR count). The number of aryl methyl sites for hydroxylation is 1. The number of halogens is 2. The first kappa shape index (κ1) is 13.1. The molecule has 1 N–H and O–H groups in total. The minimum atomic E-state index is -0.225. The first-order chi connectivity index (χ1) is 8.70. The molecular weight excluding hydrogens is 293 g/mol. The molecule has 94 valence electrons. The van der Waals surface area contributed by atoms with E-state index in [2.05, 4.69) is 40.3 Å². The highest BCUT2D eigenvalue weighted by molar-refractivity contribution is 9.10. The summed E-state index contributed by atoms with van der Waals surface area (Å²) in [5.41, 5.74) is 3.26. The summed E-state index contributed by atoms with van der Waals surface area (Å²) in [6.07, 6.45) is 1.01. The fraction of sp³-hybridized carbons (Fsp3) is 0.200. The Morgan fingerprint density at radius 2 is 1.94 bits per heavy atom. The molecule has 18 heavy (non-hydrogen) atoms. The van der Waals surface area contributed by atoms with Gasteiger partial charge in [0.05, 0.1) is 4.47 Å². The molecule has 0 atom stereocenters. The summed E-state index contributed by atoms with van der Waals surface area (Å²) in [6.45, 7) is 2.73. The second-order valence-electron chi connectivity index (χ2n) is 4.12. The lowest BCUT2D eigenvalue weighted by atomic mass is 10.1. The third-order valence-electron chi connectivity index (χ3n) is 2.85. The molecule has 0 heterocycles. The fourth-order valence-electron chi connectivity index (χ4n) is 1.78. The first-order valence-electron chi connectivity index (χ1n) is 5.96. The molecule has 2 aromatic rings. The highest BCUT2D eigenvalue weighted by Crippen LogP contribution is 2.21. The van der Waals surface area contributed by atoms with Crippen LogP contribution >= 0.6 is 15.9 Å². The molecule has 0 saturated heterocycles. The van der Waals surface area contributed by atoms with Gasteiger partial charge in [-0.15, -0.1) is 0 Å². The fourth-order valence-corrected chi connectivity index (χ4v) is 2.19. The lowest BCUT2D eigenvalue weighted by Gasteiger charge is -2.09. The molecule has 0 aromatic heterocycles. The van der Waals surface area contributed by atoms with E-state index in [0.717, 1.165) is 17.7 Å². The minimum absolute atomic E-state index is 0.225. The summed E-state index contributed by atoms with van der Waals surface area (Å²) in [7, 11) is 0. The maximum absolute atomic E-state index is 13.3. The summed E-state index contributed by atoms with van der Waals surface area (Å²) in [5, 5.41) is 3.31. The van der Waals surface area contributed by atoms with Crippen molar-refractivity contribution in [2.24, 2.45) is 0 Å². The van der Waals surface area contributed by atoms with Gasteiger partial charge in [0, 0.05) is 12.2 Å². The van der Waals surface area contributed by atoms with Gasteiger partial charge in [0.2, 0.25) is 0 Å². The van der Waals surface area contributed by atoms with Crippen LogP contribution in [0.1, 0.15) is 18.1 Å². The van der Waals surface area contributed by atoms with E-state index >= 15 is 0 Å². The van der Waals surface area contributed by atoms with Gasteiger partial charge in [0.15, 0.2) is 0 Å². The molecule has 0 aliphatic carbocycles. The van der Waals surface area contributed by atoms with Gasteiger partial charge < -0.3 is 5.32 Å². The number of hydrogen-bond acceptors (Lipinski definition) is 1. The Bertz CT molecular complexity index is 540. The molecule has 0 saturated carbocycles. The van der Waals surface area contributed by atoms with Crippen LogP contribution in [0.5, 0.6) is 0 Å². The number of hydrogen-bond donors (Lipinski definition) is 1. The second-order valence-corrected chi connectivity index (χ2v) is 4.91. The van der Waals surface area contributed by atoms with Crippen LogP contribution < -0.4 is 5.32 Å². The van der Waals surface area contributed by atoms with Gasteiger partial charge in [-0.3, -0.25) is 0 Å². The van der Waals surface area contributed by atoms with Gasteiger partial charge in [-0.05, 0) is 51.7 Å². The SMILES string of the molecule is CCc1cccc(NCc2cccc(F)c2Br)c1. The second kappa shape index (κ2) is 6.01. The van der Waals surface area contributed by atoms with Gasteiger partial charge in [0.1, 0.15) is 5.82 Å². The van der Waals surface area contributed by atoms with Crippen LogP contribution in [0.3, 0.4) is 0 Å². The van der Waals surface area contributed by atoms with Crippen LogP contribution in [0.15, 0.2) is 46.9 Å². The van der Waals surface area contributed by atoms with Crippen molar-refractivity contribution in [2.75, 3.05) is 5.32 Å². The van der Waals surface area contributed by atoms with Crippen molar-refractivity contribution >= 4 is 21.6 Å². The molecule has 0 bridgehead atoms. The Morgan fingerprint density at radius 1 is 1.17 bits per heavy atom. The smallest absolute Gasteiger partial charge is 0.137 e. The number of rotatable bonds is 4. The van der Waals surface area contributed by atoms with Gasteiger partial charge in [-0.25, -0.2) is 4.39 Å². The Labute approximate surface area is 115 Å². The van der Waals surface area contributed by atoms with Gasteiger partial charge in [-0.1, -0.05) is 31.2 Å². The molecule has 0 amide bonds. The Hall–Kier alpha value is -1.35. The van der Waals surface area contributed by atoms with E-state index in [1.54, 1.807) is 6.07 Å². The normalized spacial score (nSPS) is 10.4. The molecule has 0 unspecified atom stereocenters. The highest BCUT2D eigenvalue weighted by atomic mass is 79.9. The average Bonchev–Trinajstić information content (AvgIpc) is 2.41. The van der Waals surface area contributed by atoms with E-state index < -0.39 is 0 Å². The molecule has 0 aliphatic rings. The van der Waals surface area contributed by atoms with Gasteiger partial charge in [-0.2, -0.15) is 0 Å². The first-order valence-corrected chi connectivity index (χ1v) is 6.75. The summed E-state index contributed by atoms with van der Waals surface area (Å²) >= 11 is 3.27. The molecule has 0 spiro atoms. The van der Waals surface area contributed by atoms with E-state index in [0.29, 0.717) is 11.0 Å². The van der Waals surface area contributed by atoms with Crippen molar-refractivity contribution in [3.63, 3.8) is 0 Å². The van der Waals surface area contributed by atoms with Crippen molar-refractivity contribution in [3.05, 3.63) is 63.9 Å². The summed E-state index contributed by atoms with van der Waals surface area (Å²) < 4.78 is 13.9. The largest absolute Gasteiger partial charge is 0.381 e. The van der Waals surface area contributed by atoms with E-state index in [4.69, 9.17) is 0 Å². The number of nitrogens with one attached hydrogen (secondary N) is 1. The lowest BCUT2D eigenvalue weighted by molar-refractivity contribution is 0.618. The van der Waals surface area contributed by atoms with Crippen LogP contribution in [-0.2, 0) is 13.0 Å². The minimum Gasteiger partial charge on any atom is -0.381 e. The highest BCUT2D eigenvalue weighted by Gasteiger charge is 2.04. The maximum Gasteiger partial charge on any atom is 0.137 e. The third kappa shape index (κ3) is 3.10. The van der Waals surface area contributed by atoms with Crippen molar-refractivity contribution in [2.45, 2.75) is 19.9 Å². The number of benzene rings is 2. The quantitative estimate of drug-likeness (QED) is 0.858. The predicted molar refractivity (Wildman–Crippen MR) is 77.2 cm³/mol. The van der Waals surface area contributed by atoms with E-state index in [1.165, 1.54) is 11.6 Å². The summed E-state index contributed by atoms with van der Waals surface area (Å²) in [6, 6.07) is 13.3. The monoisotopic (exact) mass is 307 g/mol. The van der Waals surface area contributed by atoms with Crippen molar-refractivity contribution < 1.29 is 4.39 Å². The number of anilines is 1. The molecule has 0 aliphatic heterocycles. The Balaban J connectivity index is 2.09. The molecule has 2 aromatic carbocycles. The van der Waals surface area contributed by atoms with E-state index in [1.807, 2.05) is 18.2 Å². The summed E-state index contributed by atoms with van der Waals surface area (Å²) in [4.78, 5) is 0. The zero-order chi connectivity index (χ0) is 13.0. The zero-order valence-electron chi connectivity index (χ0n) is 10.2. The zero-order valence-corrected chi connectivity index (χ0v) is 11.8. The topological polar surface area (TPSA) is 12.0 Å². The maximum atomic E-state index is 13.3. The van der Waals surface area contributed by atoms with Crippen LogP contribution in [0, 0.1) is 5.82 Å².